The van der Waals surface area contributed by atoms with Gasteiger partial charge in [0.25, 0.3) is 0 Å². The van der Waals surface area contributed by atoms with Crippen molar-refractivity contribution in [1.82, 2.24) is 0 Å². The van der Waals surface area contributed by atoms with Gasteiger partial charge in [0, 0.05) is 6.61 Å². The second kappa shape index (κ2) is 3.91. The van der Waals surface area contributed by atoms with E-state index in [0.717, 1.165) is 6.42 Å². The molecular formula is C7H14O3. The first-order valence-electron chi connectivity index (χ1n) is 3.73. The number of hydrogen-bond donors (Lipinski definition) is 1. The molecule has 1 N–H and O–H groups in total. The average Bonchev–Trinajstić information content (AvgIpc) is 2.68. The van der Waals surface area contributed by atoms with E-state index in [-0.39, 0.29) is 0 Å². The van der Waals surface area contributed by atoms with Crippen molar-refractivity contribution < 1.29 is 14.9 Å². The van der Waals surface area contributed by atoms with Crippen molar-refractivity contribution in [1.29, 1.82) is 0 Å². The summed E-state index contributed by atoms with van der Waals surface area (Å²) in [6, 6.07) is 0. The maximum absolute atomic E-state index is 8.64. The quantitative estimate of drug-likeness (QED) is 0.350. The fourth-order valence-corrected chi connectivity index (χ4v) is 0.957. The lowest BCUT2D eigenvalue weighted by atomic mass is 10.3. The molecular weight excluding hydrogens is 132 g/mol. The van der Waals surface area contributed by atoms with Crippen LogP contribution in [0.15, 0.2) is 0 Å². The summed E-state index contributed by atoms with van der Waals surface area (Å²) < 4.78 is 0. The summed E-state index contributed by atoms with van der Waals surface area (Å²) in [5, 5.41) is 8.64. The summed E-state index contributed by atoms with van der Waals surface area (Å²) in [5.41, 5.74) is 0. The molecule has 0 aromatic carbocycles. The van der Waals surface area contributed by atoms with E-state index >= 15 is 0 Å². The first kappa shape index (κ1) is 7.98. The molecule has 1 aliphatic rings. The Labute approximate surface area is 60.9 Å². The van der Waals surface area contributed by atoms with E-state index in [1.54, 1.807) is 0 Å². The Bertz CT molecular complexity index is 94.9. The van der Waals surface area contributed by atoms with Crippen LogP contribution in [0.1, 0.15) is 13.3 Å². The Morgan fingerprint density at radius 2 is 2.20 bits per heavy atom. The van der Waals surface area contributed by atoms with Gasteiger partial charge in [0.05, 0.1) is 13.2 Å². The van der Waals surface area contributed by atoms with E-state index in [2.05, 4.69) is 0 Å². The van der Waals surface area contributed by atoms with Crippen LogP contribution in [-0.4, -0.2) is 24.9 Å². The molecule has 1 aliphatic carbocycles. The van der Waals surface area contributed by atoms with Crippen molar-refractivity contribution >= 4 is 0 Å². The molecule has 0 bridgehead atoms. The zero-order chi connectivity index (χ0) is 7.40. The Morgan fingerprint density at radius 3 is 2.70 bits per heavy atom. The predicted octanol–water partition coefficient (Wildman–Crippen LogP) is 0.583. The van der Waals surface area contributed by atoms with Crippen molar-refractivity contribution in [2.75, 3.05) is 19.8 Å². The summed E-state index contributed by atoms with van der Waals surface area (Å²) in [6.07, 6.45) is 1.09. The van der Waals surface area contributed by atoms with Crippen LogP contribution in [0.3, 0.4) is 0 Å². The lowest BCUT2D eigenvalue weighted by Gasteiger charge is -1.98. The molecule has 0 aliphatic heterocycles. The van der Waals surface area contributed by atoms with Crippen molar-refractivity contribution in [3.05, 3.63) is 0 Å². The molecule has 0 saturated heterocycles. The van der Waals surface area contributed by atoms with Crippen LogP contribution in [0.2, 0.25) is 0 Å². The van der Waals surface area contributed by atoms with Gasteiger partial charge >= 0.3 is 0 Å². The number of aliphatic hydroxyl groups is 1. The molecule has 0 radical (unpaired) electrons. The molecule has 1 unspecified atom stereocenters. The number of hydrogen-bond acceptors (Lipinski definition) is 3. The minimum absolute atomic E-state index is 0.292. The zero-order valence-corrected chi connectivity index (χ0v) is 6.25. The Hall–Kier alpha value is -0.120. The lowest BCUT2D eigenvalue weighted by Crippen LogP contribution is -2.00. The highest BCUT2D eigenvalue weighted by Crippen LogP contribution is 2.37. The largest absolute Gasteiger partial charge is 0.396 e. The fraction of sp³-hybridized carbons (Fsp3) is 1.00. The van der Waals surface area contributed by atoms with E-state index < -0.39 is 0 Å². The monoisotopic (exact) mass is 146 g/mol. The molecule has 0 spiro atoms. The molecule has 1 fully saturated rings. The summed E-state index contributed by atoms with van der Waals surface area (Å²) in [6.45, 7) is 3.41. The van der Waals surface area contributed by atoms with Gasteiger partial charge in [-0.2, -0.15) is 0 Å². The highest BCUT2D eigenvalue weighted by Gasteiger charge is 2.36. The van der Waals surface area contributed by atoms with Crippen LogP contribution in [0.5, 0.6) is 0 Å². The van der Waals surface area contributed by atoms with Gasteiger partial charge in [-0.05, 0) is 25.2 Å². The third kappa shape index (κ3) is 2.25. The summed E-state index contributed by atoms with van der Waals surface area (Å²) in [7, 11) is 0. The lowest BCUT2D eigenvalue weighted by molar-refractivity contribution is -0.294. The van der Waals surface area contributed by atoms with Gasteiger partial charge in [-0.1, -0.05) is 0 Å². The summed E-state index contributed by atoms with van der Waals surface area (Å²) >= 11 is 0. The van der Waals surface area contributed by atoms with Gasteiger partial charge in [-0.3, -0.25) is 0 Å². The molecule has 10 heavy (non-hydrogen) atoms. The van der Waals surface area contributed by atoms with E-state index in [1.165, 1.54) is 0 Å². The molecule has 1 saturated carbocycles. The molecule has 1 rings (SSSR count). The maximum atomic E-state index is 8.64. The smallest absolute Gasteiger partial charge is 0.0854 e. The van der Waals surface area contributed by atoms with Crippen LogP contribution < -0.4 is 0 Å². The normalized spacial score (nSPS) is 30.6. The molecule has 60 valence electrons. The first-order chi connectivity index (χ1) is 4.88. The minimum Gasteiger partial charge on any atom is -0.396 e. The highest BCUT2D eigenvalue weighted by molar-refractivity contribution is 4.84. The second-order valence-electron chi connectivity index (χ2n) is 2.63. The predicted molar refractivity (Wildman–Crippen MR) is 36.3 cm³/mol. The molecule has 3 nitrogen and oxygen atoms in total. The van der Waals surface area contributed by atoms with Gasteiger partial charge in [0.2, 0.25) is 0 Å². The summed E-state index contributed by atoms with van der Waals surface area (Å²) in [5.74, 6) is 1.01. The molecule has 0 heterocycles. The molecule has 2 atom stereocenters. The van der Waals surface area contributed by atoms with Gasteiger partial charge in [0.15, 0.2) is 0 Å². The molecule has 3 heteroatoms. The van der Waals surface area contributed by atoms with Crippen LogP contribution in [0, 0.1) is 11.8 Å². The Balaban J connectivity index is 1.87. The second-order valence-corrected chi connectivity index (χ2v) is 2.63. The maximum Gasteiger partial charge on any atom is 0.0854 e. The third-order valence-electron chi connectivity index (χ3n) is 1.79. The van der Waals surface area contributed by atoms with Gasteiger partial charge in [0.1, 0.15) is 0 Å². The Kier molecular flexibility index (Phi) is 3.12. The summed E-state index contributed by atoms with van der Waals surface area (Å²) in [4.78, 5) is 9.52. The van der Waals surface area contributed by atoms with Crippen molar-refractivity contribution in [2.45, 2.75) is 13.3 Å². The van der Waals surface area contributed by atoms with E-state index in [4.69, 9.17) is 14.9 Å². The highest BCUT2D eigenvalue weighted by atomic mass is 17.2. The van der Waals surface area contributed by atoms with Crippen LogP contribution >= 0.6 is 0 Å². The SMILES string of the molecule is CCOOCC1C[C@@H]1CO. The number of rotatable bonds is 5. The van der Waals surface area contributed by atoms with Crippen LogP contribution in [-0.2, 0) is 9.78 Å². The zero-order valence-electron chi connectivity index (χ0n) is 6.25. The molecule has 0 aromatic rings. The van der Waals surface area contributed by atoms with Gasteiger partial charge in [-0.25, -0.2) is 9.78 Å². The van der Waals surface area contributed by atoms with Crippen LogP contribution in [0.4, 0.5) is 0 Å². The molecule has 0 aromatic heterocycles. The van der Waals surface area contributed by atoms with E-state index in [1.807, 2.05) is 6.92 Å². The van der Waals surface area contributed by atoms with Crippen molar-refractivity contribution in [3.8, 4) is 0 Å². The molecule has 0 amide bonds. The Morgan fingerprint density at radius 1 is 1.40 bits per heavy atom. The topological polar surface area (TPSA) is 38.7 Å². The standard InChI is InChI=1S/C7H14O3/c1-2-9-10-5-7-3-6(7)4-8/h6-8H,2-5H2,1H3/t6-,7?/m1/s1. The average molecular weight is 146 g/mol. The number of aliphatic hydroxyl groups excluding tert-OH is 1. The first-order valence-corrected chi connectivity index (χ1v) is 3.73. The van der Waals surface area contributed by atoms with E-state index in [9.17, 15) is 0 Å². The van der Waals surface area contributed by atoms with E-state index in [0.29, 0.717) is 31.7 Å². The minimum atomic E-state index is 0.292. The van der Waals surface area contributed by atoms with Gasteiger partial charge in [-0.15, -0.1) is 0 Å². The third-order valence-corrected chi connectivity index (χ3v) is 1.79. The van der Waals surface area contributed by atoms with Gasteiger partial charge < -0.3 is 5.11 Å². The van der Waals surface area contributed by atoms with Crippen LogP contribution in [0.25, 0.3) is 0 Å². The fourth-order valence-electron chi connectivity index (χ4n) is 0.957. The van der Waals surface area contributed by atoms with Crippen molar-refractivity contribution in [3.63, 3.8) is 0 Å². The van der Waals surface area contributed by atoms with Crippen molar-refractivity contribution in [2.24, 2.45) is 11.8 Å².